The summed E-state index contributed by atoms with van der Waals surface area (Å²) in [5.41, 5.74) is 0. The lowest BCUT2D eigenvalue weighted by molar-refractivity contribution is 0.0679. The Morgan fingerprint density at radius 2 is 1.95 bits per heavy atom. The number of ether oxygens (including phenoxy) is 3. The summed E-state index contributed by atoms with van der Waals surface area (Å²) >= 11 is 3.36. The Labute approximate surface area is 128 Å². The van der Waals surface area contributed by atoms with Gasteiger partial charge in [-0.1, -0.05) is 15.9 Å². The molecule has 1 atom stereocenters. The van der Waals surface area contributed by atoms with Crippen molar-refractivity contribution in [3.63, 3.8) is 0 Å². The Kier molecular flexibility index (Phi) is 9.61. The Hall–Kier alpha value is -0.660. The SMILES string of the molecule is COCCOCCNCC(O)COc1ccc(Br)cc1. The van der Waals surface area contributed by atoms with Crippen molar-refractivity contribution in [1.29, 1.82) is 0 Å². The second-order valence-corrected chi connectivity index (χ2v) is 5.14. The molecule has 0 bridgehead atoms. The number of aliphatic hydroxyl groups is 1. The first-order valence-corrected chi connectivity index (χ1v) is 7.35. The maximum Gasteiger partial charge on any atom is 0.119 e. The van der Waals surface area contributed by atoms with Gasteiger partial charge in [0.1, 0.15) is 18.5 Å². The summed E-state index contributed by atoms with van der Waals surface area (Å²) in [6, 6.07) is 7.51. The van der Waals surface area contributed by atoms with Gasteiger partial charge in [0, 0.05) is 24.7 Å². The fourth-order valence-corrected chi connectivity index (χ4v) is 1.70. The number of nitrogens with one attached hydrogen (secondary N) is 1. The van der Waals surface area contributed by atoms with Crippen molar-refractivity contribution in [3.05, 3.63) is 28.7 Å². The Bertz CT molecular complexity index is 348. The zero-order valence-electron chi connectivity index (χ0n) is 11.7. The highest BCUT2D eigenvalue weighted by Gasteiger charge is 2.04. The Morgan fingerprint density at radius 3 is 2.65 bits per heavy atom. The quantitative estimate of drug-likeness (QED) is 0.593. The molecule has 1 aromatic carbocycles. The molecule has 5 nitrogen and oxygen atoms in total. The minimum atomic E-state index is -0.544. The lowest BCUT2D eigenvalue weighted by Crippen LogP contribution is -2.33. The van der Waals surface area contributed by atoms with Crippen molar-refractivity contribution >= 4 is 15.9 Å². The smallest absolute Gasteiger partial charge is 0.119 e. The number of halogens is 1. The Morgan fingerprint density at radius 1 is 1.20 bits per heavy atom. The van der Waals surface area contributed by atoms with Gasteiger partial charge in [-0.15, -0.1) is 0 Å². The Balaban J connectivity index is 2.00. The highest BCUT2D eigenvalue weighted by Crippen LogP contribution is 2.16. The summed E-state index contributed by atoms with van der Waals surface area (Å²) < 4.78 is 16.6. The largest absolute Gasteiger partial charge is 0.491 e. The van der Waals surface area contributed by atoms with Gasteiger partial charge in [-0.05, 0) is 24.3 Å². The van der Waals surface area contributed by atoms with E-state index in [-0.39, 0.29) is 6.61 Å². The van der Waals surface area contributed by atoms with Crippen LogP contribution in [-0.2, 0) is 9.47 Å². The van der Waals surface area contributed by atoms with Crippen LogP contribution in [0.15, 0.2) is 28.7 Å². The van der Waals surface area contributed by atoms with E-state index in [0.29, 0.717) is 32.9 Å². The molecule has 0 fully saturated rings. The second kappa shape index (κ2) is 11.0. The number of rotatable bonds is 11. The number of aliphatic hydroxyl groups excluding tert-OH is 1. The van der Waals surface area contributed by atoms with Gasteiger partial charge in [0.15, 0.2) is 0 Å². The second-order valence-electron chi connectivity index (χ2n) is 4.23. The van der Waals surface area contributed by atoms with Gasteiger partial charge in [0.25, 0.3) is 0 Å². The fraction of sp³-hybridized carbons (Fsp3) is 0.571. The van der Waals surface area contributed by atoms with Crippen molar-refractivity contribution in [2.45, 2.75) is 6.10 Å². The number of hydrogen-bond acceptors (Lipinski definition) is 5. The van der Waals surface area contributed by atoms with Crippen LogP contribution in [0.4, 0.5) is 0 Å². The molecule has 2 N–H and O–H groups in total. The van der Waals surface area contributed by atoms with Gasteiger partial charge in [-0.3, -0.25) is 0 Å². The highest BCUT2D eigenvalue weighted by molar-refractivity contribution is 9.10. The van der Waals surface area contributed by atoms with E-state index in [2.05, 4.69) is 21.2 Å². The van der Waals surface area contributed by atoms with Crippen molar-refractivity contribution in [1.82, 2.24) is 5.32 Å². The molecular formula is C14H22BrNO4. The minimum Gasteiger partial charge on any atom is -0.491 e. The molecule has 0 spiro atoms. The van der Waals surface area contributed by atoms with E-state index in [1.807, 2.05) is 24.3 Å². The molecule has 0 saturated carbocycles. The summed E-state index contributed by atoms with van der Waals surface area (Å²) in [5, 5.41) is 12.9. The summed E-state index contributed by atoms with van der Waals surface area (Å²) in [7, 11) is 1.64. The van der Waals surface area contributed by atoms with Crippen LogP contribution in [0.5, 0.6) is 5.75 Å². The molecule has 114 valence electrons. The van der Waals surface area contributed by atoms with Crippen LogP contribution < -0.4 is 10.1 Å². The predicted molar refractivity (Wildman–Crippen MR) is 81.2 cm³/mol. The average molecular weight is 348 g/mol. The molecule has 0 heterocycles. The van der Waals surface area contributed by atoms with Crippen LogP contribution in [0.25, 0.3) is 0 Å². The molecule has 0 amide bonds. The standard InChI is InChI=1S/C14H22BrNO4/c1-18-8-9-19-7-6-16-10-13(17)11-20-14-4-2-12(15)3-5-14/h2-5,13,16-17H,6-11H2,1H3. The molecule has 6 heteroatoms. The molecule has 1 unspecified atom stereocenters. The highest BCUT2D eigenvalue weighted by atomic mass is 79.9. The third kappa shape index (κ3) is 8.50. The van der Waals surface area contributed by atoms with Crippen molar-refractivity contribution < 1.29 is 19.3 Å². The van der Waals surface area contributed by atoms with Crippen LogP contribution in [0, 0.1) is 0 Å². The first-order valence-electron chi connectivity index (χ1n) is 6.56. The van der Waals surface area contributed by atoms with Gasteiger partial charge in [-0.2, -0.15) is 0 Å². The normalized spacial score (nSPS) is 12.3. The first kappa shape index (κ1) is 17.4. The van der Waals surface area contributed by atoms with E-state index in [1.54, 1.807) is 7.11 Å². The third-order valence-corrected chi connectivity index (χ3v) is 3.02. The summed E-state index contributed by atoms with van der Waals surface area (Å²) in [4.78, 5) is 0. The monoisotopic (exact) mass is 347 g/mol. The fourth-order valence-electron chi connectivity index (χ4n) is 1.44. The molecule has 1 rings (SSSR count). The molecule has 0 aromatic heterocycles. The van der Waals surface area contributed by atoms with Crippen LogP contribution in [0.2, 0.25) is 0 Å². The maximum absolute atomic E-state index is 9.75. The van der Waals surface area contributed by atoms with Crippen LogP contribution in [0.1, 0.15) is 0 Å². The predicted octanol–water partition coefficient (Wildman–Crippen LogP) is 1.44. The number of benzene rings is 1. The average Bonchev–Trinajstić information content (AvgIpc) is 2.46. The lowest BCUT2D eigenvalue weighted by atomic mass is 10.3. The summed E-state index contributed by atoms with van der Waals surface area (Å²) in [6.45, 7) is 3.23. The molecular weight excluding hydrogens is 326 g/mol. The van der Waals surface area contributed by atoms with E-state index in [1.165, 1.54) is 0 Å². The topological polar surface area (TPSA) is 60.0 Å². The van der Waals surface area contributed by atoms with E-state index in [4.69, 9.17) is 14.2 Å². The number of methoxy groups -OCH3 is 1. The molecule has 0 aliphatic carbocycles. The van der Waals surface area contributed by atoms with Crippen molar-refractivity contribution in [2.75, 3.05) is 46.6 Å². The van der Waals surface area contributed by atoms with Crippen LogP contribution >= 0.6 is 15.9 Å². The van der Waals surface area contributed by atoms with Gasteiger partial charge in [0.2, 0.25) is 0 Å². The van der Waals surface area contributed by atoms with E-state index in [9.17, 15) is 5.11 Å². The van der Waals surface area contributed by atoms with Crippen LogP contribution in [0.3, 0.4) is 0 Å². The molecule has 0 saturated heterocycles. The zero-order chi connectivity index (χ0) is 14.6. The van der Waals surface area contributed by atoms with Crippen molar-refractivity contribution in [3.8, 4) is 5.75 Å². The van der Waals surface area contributed by atoms with Gasteiger partial charge in [-0.25, -0.2) is 0 Å². The maximum atomic E-state index is 9.75. The summed E-state index contributed by atoms with van der Waals surface area (Å²) in [6.07, 6.45) is -0.544. The van der Waals surface area contributed by atoms with Gasteiger partial charge >= 0.3 is 0 Å². The molecule has 0 aliphatic rings. The third-order valence-electron chi connectivity index (χ3n) is 2.49. The molecule has 1 aromatic rings. The zero-order valence-corrected chi connectivity index (χ0v) is 13.3. The summed E-state index contributed by atoms with van der Waals surface area (Å²) in [5.74, 6) is 0.746. The lowest BCUT2D eigenvalue weighted by Gasteiger charge is -2.13. The molecule has 20 heavy (non-hydrogen) atoms. The van der Waals surface area contributed by atoms with Gasteiger partial charge in [0.05, 0.1) is 19.8 Å². The van der Waals surface area contributed by atoms with Gasteiger partial charge < -0.3 is 24.6 Å². The van der Waals surface area contributed by atoms with Crippen LogP contribution in [-0.4, -0.2) is 57.8 Å². The van der Waals surface area contributed by atoms with Crippen molar-refractivity contribution in [2.24, 2.45) is 0 Å². The first-order chi connectivity index (χ1) is 9.72. The molecule has 0 aliphatic heterocycles. The van der Waals surface area contributed by atoms with E-state index in [0.717, 1.165) is 10.2 Å². The minimum absolute atomic E-state index is 0.263. The number of hydrogen-bond donors (Lipinski definition) is 2. The van der Waals surface area contributed by atoms with E-state index >= 15 is 0 Å². The van der Waals surface area contributed by atoms with E-state index < -0.39 is 6.10 Å². The molecule has 0 radical (unpaired) electrons.